The fourth-order valence-electron chi connectivity index (χ4n) is 2.21. The third-order valence-electron chi connectivity index (χ3n) is 3.29. The molecule has 0 saturated heterocycles. The average Bonchev–Trinajstić information content (AvgIpc) is 2.90. The first-order valence-electron chi connectivity index (χ1n) is 6.69. The van der Waals surface area contributed by atoms with E-state index in [1.165, 1.54) is 23.9 Å². The highest BCUT2D eigenvalue weighted by Crippen LogP contribution is 2.30. The Morgan fingerprint density at radius 3 is 2.76 bits per heavy atom. The highest BCUT2D eigenvalue weighted by atomic mass is 32.2. The Morgan fingerprint density at radius 1 is 1.19 bits per heavy atom. The molecule has 1 N–H and O–H groups in total. The minimum atomic E-state index is -0.718. The highest BCUT2D eigenvalue weighted by Gasteiger charge is 2.14. The van der Waals surface area contributed by atoms with Crippen LogP contribution in [0.15, 0.2) is 57.8 Å². The fraction of sp³-hybridized carbons (Fsp3) is 0.176. The summed E-state index contributed by atoms with van der Waals surface area (Å²) < 4.78 is 18.8. The Kier molecular flexibility index (Phi) is 3.99. The SMILES string of the molecule is Cc1cccc2cc(C(O)CSc3cccc(F)c3)oc12. The van der Waals surface area contributed by atoms with Gasteiger partial charge in [-0.2, -0.15) is 0 Å². The minimum Gasteiger partial charge on any atom is -0.458 e. The maximum absolute atomic E-state index is 13.1. The summed E-state index contributed by atoms with van der Waals surface area (Å²) in [6.45, 7) is 1.98. The molecule has 4 heteroatoms. The lowest BCUT2D eigenvalue weighted by molar-refractivity contribution is 0.176. The number of hydrogen-bond acceptors (Lipinski definition) is 3. The molecule has 0 aliphatic carbocycles. The summed E-state index contributed by atoms with van der Waals surface area (Å²) in [5.74, 6) is 0.694. The van der Waals surface area contributed by atoms with E-state index >= 15 is 0 Å². The molecule has 0 fully saturated rings. The maximum atomic E-state index is 13.1. The van der Waals surface area contributed by atoms with E-state index in [1.54, 1.807) is 6.07 Å². The molecule has 0 radical (unpaired) electrons. The number of benzene rings is 2. The molecule has 0 saturated carbocycles. The summed E-state index contributed by atoms with van der Waals surface area (Å²) in [6, 6.07) is 14.1. The molecule has 1 atom stereocenters. The lowest BCUT2D eigenvalue weighted by atomic mass is 10.2. The van der Waals surface area contributed by atoms with Crippen LogP contribution in [0.4, 0.5) is 4.39 Å². The van der Waals surface area contributed by atoms with Crippen molar-refractivity contribution in [3.05, 3.63) is 65.7 Å². The van der Waals surface area contributed by atoms with Gasteiger partial charge in [0.1, 0.15) is 23.3 Å². The first kappa shape index (κ1) is 14.2. The van der Waals surface area contributed by atoms with Crippen LogP contribution in [0.25, 0.3) is 11.0 Å². The van der Waals surface area contributed by atoms with Crippen LogP contribution in [0, 0.1) is 12.7 Å². The summed E-state index contributed by atoms with van der Waals surface area (Å²) in [4.78, 5) is 0.793. The Bertz CT molecular complexity index is 766. The third kappa shape index (κ3) is 3.12. The van der Waals surface area contributed by atoms with Gasteiger partial charge < -0.3 is 9.52 Å². The molecule has 3 aromatic rings. The van der Waals surface area contributed by atoms with Crippen LogP contribution in [0.2, 0.25) is 0 Å². The number of aryl methyl sites for hydroxylation is 1. The van der Waals surface area contributed by atoms with Gasteiger partial charge in [-0.05, 0) is 36.8 Å². The number of fused-ring (bicyclic) bond motifs is 1. The molecule has 0 amide bonds. The second kappa shape index (κ2) is 5.92. The van der Waals surface area contributed by atoms with E-state index in [4.69, 9.17) is 4.42 Å². The van der Waals surface area contributed by atoms with Gasteiger partial charge in [0.25, 0.3) is 0 Å². The van der Waals surface area contributed by atoms with Crippen molar-refractivity contribution in [1.82, 2.24) is 0 Å². The molecule has 2 aromatic carbocycles. The molecule has 2 nitrogen and oxygen atoms in total. The number of para-hydroxylation sites is 1. The van der Waals surface area contributed by atoms with Crippen molar-refractivity contribution in [3.8, 4) is 0 Å². The van der Waals surface area contributed by atoms with Crippen molar-refractivity contribution in [2.75, 3.05) is 5.75 Å². The molecular weight excluding hydrogens is 287 g/mol. The van der Waals surface area contributed by atoms with Crippen molar-refractivity contribution >= 4 is 22.7 Å². The number of rotatable bonds is 4. The van der Waals surface area contributed by atoms with Gasteiger partial charge in [-0.15, -0.1) is 11.8 Å². The van der Waals surface area contributed by atoms with E-state index in [0.29, 0.717) is 11.5 Å². The van der Waals surface area contributed by atoms with Crippen LogP contribution >= 0.6 is 11.8 Å². The standard InChI is InChI=1S/C17H15FO2S/c1-11-4-2-5-12-8-16(20-17(11)12)15(19)10-21-14-7-3-6-13(18)9-14/h2-9,15,19H,10H2,1H3. The topological polar surface area (TPSA) is 33.4 Å². The van der Waals surface area contributed by atoms with Gasteiger partial charge in [0.05, 0.1) is 0 Å². The normalized spacial score (nSPS) is 12.7. The molecule has 0 aliphatic heterocycles. The second-order valence-corrected chi connectivity index (χ2v) is 6.02. The van der Waals surface area contributed by atoms with Crippen LogP contribution < -0.4 is 0 Å². The molecule has 1 unspecified atom stereocenters. The zero-order valence-corrected chi connectivity index (χ0v) is 12.4. The molecule has 21 heavy (non-hydrogen) atoms. The van der Waals surface area contributed by atoms with Crippen molar-refractivity contribution in [2.45, 2.75) is 17.9 Å². The van der Waals surface area contributed by atoms with Gasteiger partial charge in [-0.1, -0.05) is 24.3 Å². The average molecular weight is 302 g/mol. The molecule has 108 valence electrons. The summed E-state index contributed by atoms with van der Waals surface area (Å²) in [5, 5.41) is 11.2. The van der Waals surface area contributed by atoms with Crippen molar-refractivity contribution in [3.63, 3.8) is 0 Å². The summed E-state index contributed by atoms with van der Waals surface area (Å²) in [6.07, 6.45) is -0.718. The quantitative estimate of drug-likeness (QED) is 0.709. The zero-order chi connectivity index (χ0) is 14.8. The molecule has 1 aromatic heterocycles. The number of aliphatic hydroxyl groups excluding tert-OH is 1. The predicted molar refractivity (Wildman–Crippen MR) is 83.0 cm³/mol. The molecule has 1 heterocycles. The Morgan fingerprint density at radius 2 is 2.00 bits per heavy atom. The van der Waals surface area contributed by atoms with Crippen LogP contribution in [-0.2, 0) is 0 Å². The van der Waals surface area contributed by atoms with Crippen LogP contribution in [0.3, 0.4) is 0 Å². The maximum Gasteiger partial charge on any atom is 0.137 e. The van der Waals surface area contributed by atoms with Gasteiger partial charge in [-0.25, -0.2) is 4.39 Å². The smallest absolute Gasteiger partial charge is 0.137 e. The van der Waals surface area contributed by atoms with Gasteiger partial charge in [0.15, 0.2) is 0 Å². The van der Waals surface area contributed by atoms with E-state index < -0.39 is 6.10 Å². The van der Waals surface area contributed by atoms with E-state index in [-0.39, 0.29) is 5.82 Å². The monoisotopic (exact) mass is 302 g/mol. The Hall–Kier alpha value is -1.78. The van der Waals surface area contributed by atoms with Crippen LogP contribution in [-0.4, -0.2) is 10.9 Å². The zero-order valence-electron chi connectivity index (χ0n) is 11.5. The molecule has 0 aliphatic rings. The van der Waals surface area contributed by atoms with E-state index in [1.807, 2.05) is 37.3 Å². The Labute approximate surface area is 126 Å². The van der Waals surface area contributed by atoms with Gasteiger partial charge in [0.2, 0.25) is 0 Å². The Balaban J connectivity index is 1.75. The fourth-order valence-corrected chi connectivity index (χ4v) is 3.09. The third-order valence-corrected chi connectivity index (χ3v) is 4.36. The summed E-state index contributed by atoms with van der Waals surface area (Å²) in [7, 11) is 0. The molecular formula is C17H15FO2S. The van der Waals surface area contributed by atoms with Crippen molar-refractivity contribution < 1.29 is 13.9 Å². The molecule has 0 spiro atoms. The van der Waals surface area contributed by atoms with E-state index in [9.17, 15) is 9.50 Å². The number of thioether (sulfide) groups is 1. The van der Waals surface area contributed by atoms with Gasteiger partial charge in [0, 0.05) is 16.0 Å². The number of furan rings is 1. The first-order chi connectivity index (χ1) is 10.1. The summed E-state index contributed by atoms with van der Waals surface area (Å²) >= 11 is 1.40. The highest BCUT2D eigenvalue weighted by molar-refractivity contribution is 7.99. The van der Waals surface area contributed by atoms with E-state index in [0.717, 1.165) is 21.4 Å². The number of hydrogen-bond donors (Lipinski definition) is 1. The van der Waals surface area contributed by atoms with Crippen LogP contribution in [0.5, 0.6) is 0 Å². The molecule has 3 rings (SSSR count). The van der Waals surface area contributed by atoms with Gasteiger partial charge >= 0.3 is 0 Å². The van der Waals surface area contributed by atoms with Crippen LogP contribution in [0.1, 0.15) is 17.4 Å². The lowest BCUT2D eigenvalue weighted by Gasteiger charge is -2.07. The lowest BCUT2D eigenvalue weighted by Crippen LogP contribution is -1.98. The number of halogens is 1. The molecule has 0 bridgehead atoms. The van der Waals surface area contributed by atoms with Crippen molar-refractivity contribution in [1.29, 1.82) is 0 Å². The first-order valence-corrected chi connectivity index (χ1v) is 7.67. The van der Waals surface area contributed by atoms with Gasteiger partial charge in [-0.3, -0.25) is 0 Å². The largest absolute Gasteiger partial charge is 0.458 e. The second-order valence-electron chi connectivity index (χ2n) is 4.93. The minimum absolute atomic E-state index is 0.270. The predicted octanol–water partition coefficient (Wildman–Crippen LogP) is 4.71. The van der Waals surface area contributed by atoms with E-state index in [2.05, 4.69) is 0 Å². The number of aliphatic hydroxyl groups is 1. The van der Waals surface area contributed by atoms with Crippen molar-refractivity contribution in [2.24, 2.45) is 0 Å². The summed E-state index contributed by atoms with van der Waals surface area (Å²) in [5.41, 5.74) is 1.85.